The van der Waals surface area contributed by atoms with Crippen LogP contribution in [0.25, 0.3) is 0 Å². The lowest BCUT2D eigenvalue weighted by molar-refractivity contribution is 0.266. The molecule has 0 unspecified atom stereocenters. The molecule has 4 heterocycles. The van der Waals surface area contributed by atoms with Gasteiger partial charge in [0.2, 0.25) is 0 Å². The van der Waals surface area contributed by atoms with Crippen LogP contribution in [0.4, 0.5) is 11.6 Å². The van der Waals surface area contributed by atoms with Crippen LogP contribution >= 0.6 is 0 Å². The largest absolute Gasteiger partial charge is 0.384 e. The summed E-state index contributed by atoms with van der Waals surface area (Å²) in [6.07, 6.45) is 8.97. The monoisotopic (exact) mass is 370 g/mol. The third kappa shape index (κ3) is 4.21. The first kappa shape index (κ1) is 18.2. The second-order valence-corrected chi connectivity index (χ2v) is 7.79. The van der Waals surface area contributed by atoms with Gasteiger partial charge < -0.3 is 15.2 Å². The van der Waals surface area contributed by atoms with Gasteiger partial charge in [0.1, 0.15) is 29.6 Å². The second-order valence-electron chi connectivity index (χ2n) is 7.79. The summed E-state index contributed by atoms with van der Waals surface area (Å²) in [5.41, 5.74) is 5.79. The summed E-state index contributed by atoms with van der Waals surface area (Å²) >= 11 is 0. The van der Waals surface area contributed by atoms with Gasteiger partial charge in [-0.25, -0.2) is 9.97 Å². The first-order chi connectivity index (χ1) is 13.2. The quantitative estimate of drug-likeness (QED) is 0.880. The normalized spacial score (nSPS) is 20.0. The number of hydrogen-bond donors (Lipinski definition) is 1. The lowest BCUT2D eigenvalue weighted by Crippen LogP contribution is -2.34. The maximum absolute atomic E-state index is 5.79. The van der Waals surface area contributed by atoms with Crippen molar-refractivity contribution in [2.45, 2.75) is 51.0 Å². The predicted octanol–water partition coefficient (Wildman–Crippen LogP) is 1.95. The van der Waals surface area contributed by atoms with Crippen molar-refractivity contribution in [3.05, 3.63) is 24.0 Å². The Hall–Kier alpha value is -2.22. The van der Waals surface area contributed by atoms with Crippen molar-refractivity contribution < 1.29 is 0 Å². The summed E-state index contributed by atoms with van der Waals surface area (Å²) in [5.74, 6) is 4.12. The molecule has 27 heavy (non-hydrogen) atoms. The van der Waals surface area contributed by atoms with Crippen LogP contribution in [0.2, 0.25) is 0 Å². The molecule has 146 valence electrons. The third-order valence-electron chi connectivity index (χ3n) is 5.92. The lowest BCUT2D eigenvalue weighted by Gasteiger charge is -2.32. The Morgan fingerprint density at radius 1 is 1.00 bits per heavy atom. The van der Waals surface area contributed by atoms with Crippen LogP contribution in [0, 0.1) is 0 Å². The molecule has 0 spiro atoms. The zero-order valence-corrected chi connectivity index (χ0v) is 16.2. The van der Waals surface area contributed by atoms with E-state index in [9.17, 15) is 0 Å². The molecule has 2 aliphatic rings. The van der Waals surface area contributed by atoms with Crippen molar-refractivity contribution in [2.75, 3.05) is 36.8 Å². The number of likely N-dealkylation sites (tertiary alicyclic amines) is 1. The Bertz CT molecular complexity index is 742. The standard InChI is InChI=1S/C19H30N8/c1-25-18(13-26-8-4-2-3-5-9-26)23-24-19(25)15-6-10-27(11-7-15)17-12-16(20)21-14-22-17/h12,14-15H,2-11,13H2,1H3,(H2,20,21,22). The molecular formula is C19H30N8. The number of rotatable bonds is 4. The fraction of sp³-hybridized carbons (Fsp3) is 0.684. The highest BCUT2D eigenvalue weighted by molar-refractivity contribution is 5.46. The van der Waals surface area contributed by atoms with Crippen LogP contribution in [-0.4, -0.2) is 55.8 Å². The van der Waals surface area contributed by atoms with E-state index >= 15 is 0 Å². The minimum Gasteiger partial charge on any atom is -0.384 e. The molecule has 2 N–H and O–H groups in total. The van der Waals surface area contributed by atoms with E-state index in [0.29, 0.717) is 11.7 Å². The SMILES string of the molecule is Cn1c(CN2CCCCCC2)nnc1C1CCN(c2cc(N)ncn2)CC1. The maximum atomic E-state index is 5.79. The molecule has 2 saturated heterocycles. The van der Waals surface area contributed by atoms with Gasteiger partial charge in [-0.3, -0.25) is 4.90 Å². The molecule has 4 rings (SSSR count). The fourth-order valence-corrected chi connectivity index (χ4v) is 4.26. The van der Waals surface area contributed by atoms with E-state index in [1.807, 2.05) is 6.07 Å². The molecule has 0 aromatic carbocycles. The van der Waals surface area contributed by atoms with E-state index < -0.39 is 0 Å². The zero-order chi connectivity index (χ0) is 18.6. The van der Waals surface area contributed by atoms with Crippen LogP contribution in [0.3, 0.4) is 0 Å². The Kier molecular flexibility index (Phi) is 5.52. The van der Waals surface area contributed by atoms with Gasteiger partial charge in [-0.15, -0.1) is 10.2 Å². The molecule has 8 heteroatoms. The maximum Gasteiger partial charge on any atom is 0.146 e. The Labute approximate surface area is 160 Å². The molecule has 0 saturated carbocycles. The van der Waals surface area contributed by atoms with Crippen molar-refractivity contribution in [3.8, 4) is 0 Å². The Morgan fingerprint density at radius 2 is 1.74 bits per heavy atom. The molecule has 0 radical (unpaired) electrons. The second kappa shape index (κ2) is 8.21. The summed E-state index contributed by atoms with van der Waals surface area (Å²) in [5, 5.41) is 9.09. The highest BCUT2D eigenvalue weighted by atomic mass is 15.3. The van der Waals surface area contributed by atoms with Crippen LogP contribution < -0.4 is 10.6 Å². The van der Waals surface area contributed by atoms with Crippen LogP contribution in [-0.2, 0) is 13.6 Å². The van der Waals surface area contributed by atoms with Crippen LogP contribution in [0.5, 0.6) is 0 Å². The summed E-state index contributed by atoms with van der Waals surface area (Å²) in [6, 6.07) is 1.85. The smallest absolute Gasteiger partial charge is 0.146 e. The predicted molar refractivity (Wildman–Crippen MR) is 105 cm³/mol. The summed E-state index contributed by atoms with van der Waals surface area (Å²) in [6.45, 7) is 5.19. The Balaban J connectivity index is 1.38. The van der Waals surface area contributed by atoms with Gasteiger partial charge in [-0.2, -0.15) is 0 Å². The molecular weight excluding hydrogens is 340 g/mol. The third-order valence-corrected chi connectivity index (χ3v) is 5.92. The van der Waals surface area contributed by atoms with Crippen molar-refractivity contribution >= 4 is 11.6 Å². The zero-order valence-electron chi connectivity index (χ0n) is 16.2. The van der Waals surface area contributed by atoms with Gasteiger partial charge in [0.15, 0.2) is 0 Å². The Morgan fingerprint density at radius 3 is 2.44 bits per heavy atom. The van der Waals surface area contributed by atoms with Gasteiger partial charge in [0, 0.05) is 32.1 Å². The van der Waals surface area contributed by atoms with Gasteiger partial charge in [-0.1, -0.05) is 12.8 Å². The summed E-state index contributed by atoms with van der Waals surface area (Å²) < 4.78 is 2.23. The molecule has 0 amide bonds. The first-order valence-electron chi connectivity index (χ1n) is 10.1. The molecule has 0 atom stereocenters. The van der Waals surface area contributed by atoms with E-state index in [2.05, 4.69) is 41.6 Å². The number of nitrogen functional groups attached to an aromatic ring is 1. The molecule has 0 aliphatic carbocycles. The molecule has 8 nitrogen and oxygen atoms in total. The lowest BCUT2D eigenvalue weighted by atomic mass is 9.96. The van der Waals surface area contributed by atoms with Crippen molar-refractivity contribution in [2.24, 2.45) is 7.05 Å². The van der Waals surface area contributed by atoms with E-state index in [1.54, 1.807) is 0 Å². The van der Waals surface area contributed by atoms with Crippen LogP contribution in [0.1, 0.15) is 56.1 Å². The molecule has 2 aromatic heterocycles. The van der Waals surface area contributed by atoms with Gasteiger partial charge in [0.25, 0.3) is 0 Å². The number of piperidine rings is 1. The summed E-state index contributed by atoms with van der Waals surface area (Å²) in [7, 11) is 2.12. The fourth-order valence-electron chi connectivity index (χ4n) is 4.26. The first-order valence-corrected chi connectivity index (χ1v) is 10.1. The number of nitrogens with zero attached hydrogens (tertiary/aromatic N) is 7. The molecule has 0 bridgehead atoms. The van der Waals surface area contributed by atoms with Crippen molar-refractivity contribution in [1.29, 1.82) is 0 Å². The number of nitrogens with two attached hydrogens (primary N) is 1. The van der Waals surface area contributed by atoms with Gasteiger partial charge in [0.05, 0.1) is 6.54 Å². The van der Waals surface area contributed by atoms with E-state index in [-0.39, 0.29) is 0 Å². The number of aromatic nitrogens is 5. The van der Waals surface area contributed by atoms with Gasteiger partial charge in [-0.05, 0) is 38.8 Å². The molecule has 2 aliphatic heterocycles. The minimum atomic E-state index is 0.454. The average molecular weight is 371 g/mol. The number of hydrogen-bond acceptors (Lipinski definition) is 7. The molecule has 2 fully saturated rings. The van der Waals surface area contributed by atoms with E-state index in [1.165, 1.54) is 45.1 Å². The van der Waals surface area contributed by atoms with Crippen molar-refractivity contribution in [3.63, 3.8) is 0 Å². The highest BCUT2D eigenvalue weighted by Gasteiger charge is 2.26. The summed E-state index contributed by atoms with van der Waals surface area (Å²) in [4.78, 5) is 13.1. The van der Waals surface area contributed by atoms with E-state index in [0.717, 1.165) is 49.9 Å². The van der Waals surface area contributed by atoms with Crippen molar-refractivity contribution in [1.82, 2.24) is 29.6 Å². The van der Waals surface area contributed by atoms with Gasteiger partial charge >= 0.3 is 0 Å². The topological polar surface area (TPSA) is 89.0 Å². The number of anilines is 2. The average Bonchev–Trinajstić information content (AvgIpc) is 2.88. The minimum absolute atomic E-state index is 0.454. The van der Waals surface area contributed by atoms with E-state index in [4.69, 9.17) is 5.73 Å². The van der Waals surface area contributed by atoms with Crippen LogP contribution in [0.15, 0.2) is 12.4 Å². The molecule has 2 aromatic rings. The highest BCUT2D eigenvalue weighted by Crippen LogP contribution is 2.29.